The number of amides is 1. The highest BCUT2D eigenvalue weighted by Crippen LogP contribution is 2.37. The summed E-state index contributed by atoms with van der Waals surface area (Å²) in [6.45, 7) is 5.22. The summed E-state index contributed by atoms with van der Waals surface area (Å²) < 4.78 is 12.4. The Labute approximate surface area is 167 Å². The van der Waals surface area contributed by atoms with Gasteiger partial charge in [-0.25, -0.2) is 4.98 Å². The summed E-state index contributed by atoms with van der Waals surface area (Å²) in [7, 11) is 0. The number of nitrogens with one attached hydrogen (secondary N) is 1. The van der Waals surface area contributed by atoms with E-state index < -0.39 is 0 Å². The maximum Gasteiger partial charge on any atom is 0.251 e. The lowest BCUT2D eigenvalue weighted by molar-refractivity contribution is 0.0950. The lowest BCUT2D eigenvalue weighted by Gasteiger charge is -2.14. The van der Waals surface area contributed by atoms with Gasteiger partial charge in [-0.2, -0.15) is 0 Å². The van der Waals surface area contributed by atoms with Gasteiger partial charge in [-0.15, -0.1) is 11.3 Å². The number of aromatic nitrogens is 1. The molecule has 0 bridgehead atoms. The van der Waals surface area contributed by atoms with Crippen molar-refractivity contribution in [1.29, 1.82) is 0 Å². The Morgan fingerprint density at radius 1 is 1.22 bits per heavy atom. The third-order valence-corrected chi connectivity index (χ3v) is 5.08. The average molecular weight is 405 g/mol. The van der Waals surface area contributed by atoms with Gasteiger partial charge in [0, 0.05) is 5.56 Å². The number of thiazole rings is 1. The van der Waals surface area contributed by atoms with Gasteiger partial charge in [0.15, 0.2) is 11.5 Å². The van der Waals surface area contributed by atoms with Gasteiger partial charge in [0.2, 0.25) is 0 Å². The number of carbonyl (C=O) groups excluding carboxylic acids is 1. The van der Waals surface area contributed by atoms with E-state index in [2.05, 4.69) is 10.3 Å². The number of rotatable bonds is 8. The summed E-state index contributed by atoms with van der Waals surface area (Å²) in [5.41, 5.74) is 1.36. The van der Waals surface area contributed by atoms with Crippen LogP contribution in [0.4, 0.5) is 0 Å². The minimum absolute atomic E-state index is 0.237. The van der Waals surface area contributed by atoms with E-state index in [1.165, 1.54) is 0 Å². The minimum atomic E-state index is -0.237. The summed E-state index contributed by atoms with van der Waals surface area (Å²) in [6.07, 6.45) is 0.853. The summed E-state index contributed by atoms with van der Waals surface area (Å²) in [5, 5.41) is 4.10. The number of ether oxygens (including phenoxy) is 2. The molecule has 1 heterocycles. The monoisotopic (exact) mass is 404 g/mol. The largest absolute Gasteiger partial charge is 0.490 e. The van der Waals surface area contributed by atoms with Crippen molar-refractivity contribution in [1.82, 2.24) is 10.3 Å². The van der Waals surface area contributed by atoms with Crippen molar-refractivity contribution in [3.63, 3.8) is 0 Å². The van der Waals surface area contributed by atoms with Gasteiger partial charge in [-0.1, -0.05) is 30.7 Å². The molecule has 7 heteroatoms. The zero-order valence-electron chi connectivity index (χ0n) is 15.3. The van der Waals surface area contributed by atoms with Crippen LogP contribution in [0.25, 0.3) is 10.2 Å². The molecule has 3 aromatic rings. The van der Waals surface area contributed by atoms with E-state index in [0.29, 0.717) is 41.8 Å². The number of nitrogens with zero attached hydrogens (tertiary/aromatic N) is 1. The molecule has 3 rings (SSSR count). The molecule has 0 aliphatic heterocycles. The molecule has 1 N–H and O–H groups in total. The molecule has 0 fully saturated rings. The Morgan fingerprint density at radius 2 is 2.04 bits per heavy atom. The molecule has 27 heavy (non-hydrogen) atoms. The molecule has 0 aliphatic rings. The zero-order valence-corrected chi connectivity index (χ0v) is 16.8. The van der Waals surface area contributed by atoms with Crippen molar-refractivity contribution < 1.29 is 14.3 Å². The SMILES string of the molecule is CCCOc1c(Cl)cc(C(=O)NCc2nc3ccccc3s2)cc1OCC. The fourth-order valence-corrected chi connectivity index (χ4v) is 3.73. The van der Waals surface area contributed by atoms with E-state index in [4.69, 9.17) is 21.1 Å². The van der Waals surface area contributed by atoms with Gasteiger partial charge < -0.3 is 14.8 Å². The van der Waals surface area contributed by atoms with Crippen LogP contribution >= 0.6 is 22.9 Å². The van der Waals surface area contributed by atoms with Gasteiger partial charge in [0.05, 0.1) is 35.0 Å². The summed E-state index contributed by atoms with van der Waals surface area (Å²) in [5.74, 6) is 0.714. The third kappa shape index (κ3) is 4.70. The molecule has 0 radical (unpaired) electrons. The number of benzene rings is 2. The van der Waals surface area contributed by atoms with Gasteiger partial charge in [0.1, 0.15) is 5.01 Å². The third-order valence-electron chi connectivity index (χ3n) is 3.76. The Balaban J connectivity index is 1.75. The topological polar surface area (TPSA) is 60.5 Å². The van der Waals surface area contributed by atoms with E-state index >= 15 is 0 Å². The van der Waals surface area contributed by atoms with E-state index in [1.54, 1.807) is 23.5 Å². The first kappa shape index (κ1) is 19.5. The fraction of sp³-hybridized carbons (Fsp3) is 0.300. The molecular formula is C20H21ClN2O3S. The van der Waals surface area contributed by atoms with Crippen LogP contribution in [0, 0.1) is 0 Å². The molecule has 0 aliphatic carbocycles. The molecular weight excluding hydrogens is 384 g/mol. The Hall–Kier alpha value is -2.31. The molecule has 0 saturated heterocycles. The number of hydrogen-bond donors (Lipinski definition) is 1. The normalized spacial score (nSPS) is 10.8. The van der Waals surface area contributed by atoms with E-state index in [0.717, 1.165) is 21.6 Å². The van der Waals surface area contributed by atoms with Crippen LogP contribution in [0.3, 0.4) is 0 Å². The molecule has 0 unspecified atom stereocenters. The second-order valence-corrected chi connectivity index (χ2v) is 7.35. The maximum atomic E-state index is 12.6. The van der Waals surface area contributed by atoms with Crippen molar-refractivity contribution in [2.75, 3.05) is 13.2 Å². The standard InChI is InChI=1S/C20H21ClN2O3S/c1-3-9-26-19-14(21)10-13(11-16(19)25-4-2)20(24)22-12-18-23-15-7-5-6-8-17(15)27-18/h5-8,10-11H,3-4,9,12H2,1-2H3,(H,22,24). The molecule has 1 aromatic heterocycles. The van der Waals surface area contributed by atoms with Crippen molar-refractivity contribution in [2.24, 2.45) is 0 Å². The summed E-state index contributed by atoms with van der Waals surface area (Å²) in [6, 6.07) is 11.2. The highest BCUT2D eigenvalue weighted by atomic mass is 35.5. The van der Waals surface area contributed by atoms with Crippen LogP contribution < -0.4 is 14.8 Å². The van der Waals surface area contributed by atoms with Gasteiger partial charge in [-0.3, -0.25) is 4.79 Å². The number of hydrogen-bond acceptors (Lipinski definition) is 5. The van der Waals surface area contributed by atoms with Crippen molar-refractivity contribution in [3.8, 4) is 11.5 Å². The average Bonchev–Trinajstić information content (AvgIpc) is 3.08. The predicted molar refractivity (Wildman–Crippen MR) is 109 cm³/mol. The minimum Gasteiger partial charge on any atom is -0.490 e. The van der Waals surface area contributed by atoms with Crippen molar-refractivity contribution in [3.05, 3.63) is 52.0 Å². The van der Waals surface area contributed by atoms with Gasteiger partial charge in [0.25, 0.3) is 5.91 Å². The van der Waals surface area contributed by atoms with Crippen LogP contribution in [0.2, 0.25) is 5.02 Å². The Morgan fingerprint density at radius 3 is 2.78 bits per heavy atom. The van der Waals surface area contributed by atoms with Crippen LogP contribution in [-0.4, -0.2) is 24.1 Å². The summed E-state index contributed by atoms with van der Waals surface area (Å²) >= 11 is 7.89. The van der Waals surface area contributed by atoms with Crippen molar-refractivity contribution in [2.45, 2.75) is 26.8 Å². The van der Waals surface area contributed by atoms with Gasteiger partial charge in [-0.05, 0) is 37.6 Å². The van der Waals surface area contributed by atoms with Crippen LogP contribution in [-0.2, 0) is 6.54 Å². The van der Waals surface area contributed by atoms with Crippen LogP contribution in [0.5, 0.6) is 11.5 Å². The molecule has 142 valence electrons. The number of fused-ring (bicyclic) bond motifs is 1. The number of halogens is 1. The lowest BCUT2D eigenvalue weighted by atomic mass is 10.2. The summed E-state index contributed by atoms with van der Waals surface area (Å²) in [4.78, 5) is 17.1. The first-order valence-corrected chi connectivity index (χ1v) is 10.0. The Bertz CT molecular complexity index is 909. The first-order chi connectivity index (χ1) is 13.1. The highest BCUT2D eigenvalue weighted by Gasteiger charge is 2.16. The molecule has 5 nitrogen and oxygen atoms in total. The second kappa shape index (κ2) is 9.06. The van der Waals surface area contributed by atoms with Crippen molar-refractivity contribution >= 4 is 39.1 Å². The van der Waals surface area contributed by atoms with Crippen LogP contribution in [0.1, 0.15) is 35.6 Å². The molecule has 0 saturated carbocycles. The zero-order chi connectivity index (χ0) is 19.2. The number of carbonyl (C=O) groups is 1. The molecule has 0 atom stereocenters. The predicted octanol–water partition coefficient (Wildman–Crippen LogP) is 5.07. The molecule has 1 amide bonds. The maximum absolute atomic E-state index is 12.6. The van der Waals surface area contributed by atoms with Gasteiger partial charge >= 0.3 is 0 Å². The second-order valence-electron chi connectivity index (χ2n) is 5.82. The first-order valence-electron chi connectivity index (χ1n) is 8.84. The fourth-order valence-electron chi connectivity index (χ4n) is 2.56. The molecule has 2 aromatic carbocycles. The van der Waals surface area contributed by atoms with E-state index in [9.17, 15) is 4.79 Å². The Kier molecular flexibility index (Phi) is 6.53. The van der Waals surface area contributed by atoms with E-state index in [-0.39, 0.29) is 5.91 Å². The van der Waals surface area contributed by atoms with Crippen LogP contribution in [0.15, 0.2) is 36.4 Å². The highest BCUT2D eigenvalue weighted by molar-refractivity contribution is 7.18. The quantitative estimate of drug-likeness (QED) is 0.569. The smallest absolute Gasteiger partial charge is 0.251 e. The number of para-hydroxylation sites is 1. The lowest BCUT2D eigenvalue weighted by Crippen LogP contribution is -2.22. The molecule has 0 spiro atoms. The van der Waals surface area contributed by atoms with E-state index in [1.807, 2.05) is 38.1 Å².